The fourth-order valence-electron chi connectivity index (χ4n) is 2.87. The molecular formula is C13H24F3NO2. The molecule has 0 spiro atoms. The summed E-state index contributed by atoms with van der Waals surface area (Å²) >= 11 is 0. The minimum absolute atomic E-state index is 0.000475. The summed E-state index contributed by atoms with van der Waals surface area (Å²) in [5.41, 5.74) is 0. The third-order valence-electron chi connectivity index (χ3n) is 3.94. The third-order valence-corrected chi connectivity index (χ3v) is 3.94. The van der Waals surface area contributed by atoms with E-state index in [0.29, 0.717) is 12.3 Å². The van der Waals surface area contributed by atoms with Gasteiger partial charge in [0.15, 0.2) is 0 Å². The van der Waals surface area contributed by atoms with Gasteiger partial charge in [-0.05, 0) is 31.1 Å². The smallest absolute Gasteiger partial charge is 0.395 e. The van der Waals surface area contributed by atoms with E-state index >= 15 is 0 Å². The first-order chi connectivity index (χ1) is 8.85. The molecule has 2 N–H and O–H groups in total. The van der Waals surface area contributed by atoms with Crippen LogP contribution in [0.4, 0.5) is 13.2 Å². The zero-order chi connectivity index (χ0) is 14.5. The number of hydrogen-bond donors (Lipinski definition) is 2. The summed E-state index contributed by atoms with van der Waals surface area (Å²) in [7, 11) is 0. The van der Waals surface area contributed by atoms with Gasteiger partial charge in [0.05, 0.1) is 19.3 Å². The van der Waals surface area contributed by atoms with Crippen molar-refractivity contribution in [3.8, 4) is 0 Å². The predicted molar refractivity (Wildman–Crippen MR) is 66.7 cm³/mol. The Morgan fingerprint density at radius 2 is 1.95 bits per heavy atom. The highest BCUT2D eigenvalue weighted by atomic mass is 19.4. The van der Waals surface area contributed by atoms with Crippen molar-refractivity contribution in [1.29, 1.82) is 0 Å². The fourth-order valence-corrected chi connectivity index (χ4v) is 2.87. The van der Waals surface area contributed by atoms with Crippen molar-refractivity contribution in [2.24, 2.45) is 11.8 Å². The normalized spacial score (nSPS) is 28.9. The molecule has 6 heteroatoms. The van der Waals surface area contributed by atoms with E-state index in [1.165, 1.54) is 4.90 Å². The van der Waals surface area contributed by atoms with Crippen LogP contribution in [0, 0.1) is 11.8 Å². The highest BCUT2D eigenvalue weighted by Crippen LogP contribution is 2.32. The van der Waals surface area contributed by atoms with Crippen LogP contribution >= 0.6 is 0 Å². The number of aliphatic hydroxyl groups excluding tert-OH is 2. The monoisotopic (exact) mass is 283 g/mol. The minimum atomic E-state index is -4.26. The maximum absolute atomic E-state index is 12.4. The Bertz CT molecular complexity index is 261. The van der Waals surface area contributed by atoms with Crippen LogP contribution in [0.25, 0.3) is 0 Å². The summed E-state index contributed by atoms with van der Waals surface area (Å²) < 4.78 is 37.3. The van der Waals surface area contributed by atoms with Crippen LogP contribution in [0.3, 0.4) is 0 Å². The molecule has 1 aliphatic carbocycles. The van der Waals surface area contributed by atoms with E-state index < -0.39 is 18.8 Å². The molecule has 0 aliphatic heterocycles. The molecule has 0 saturated heterocycles. The number of halogens is 3. The lowest BCUT2D eigenvalue weighted by atomic mass is 9.78. The Balaban J connectivity index is 2.55. The van der Waals surface area contributed by atoms with Crippen LogP contribution in [0.1, 0.15) is 32.6 Å². The van der Waals surface area contributed by atoms with Crippen molar-refractivity contribution in [2.45, 2.75) is 44.9 Å². The summed E-state index contributed by atoms with van der Waals surface area (Å²) in [6, 6.07) is 0. The van der Waals surface area contributed by atoms with E-state index in [1.54, 1.807) is 0 Å². The van der Waals surface area contributed by atoms with E-state index in [2.05, 4.69) is 6.92 Å². The summed E-state index contributed by atoms with van der Waals surface area (Å²) in [6.45, 7) is 0.960. The molecule has 1 fully saturated rings. The Morgan fingerprint density at radius 1 is 1.26 bits per heavy atom. The first kappa shape index (κ1) is 16.7. The number of alkyl halides is 3. The van der Waals surface area contributed by atoms with Crippen molar-refractivity contribution >= 4 is 0 Å². The Morgan fingerprint density at radius 3 is 2.47 bits per heavy atom. The zero-order valence-electron chi connectivity index (χ0n) is 11.4. The highest BCUT2D eigenvalue weighted by molar-refractivity contribution is 4.82. The third kappa shape index (κ3) is 6.10. The second kappa shape index (κ2) is 7.45. The van der Waals surface area contributed by atoms with Crippen molar-refractivity contribution < 1.29 is 23.4 Å². The molecule has 0 bridgehead atoms. The van der Waals surface area contributed by atoms with Gasteiger partial charge in [0.2, 0.25) is 0 Å². The van der Waals surface area contributed by atoms with Crippen LogP contribution in [0.2, 0.25) is 0 Å². The van der Waals surface area contributed by atoms with Crippen molar-refractivity contribution in [2.75, 3.05) is 26.2 Å². The molecule has 0 aromatic rings. The van der Waals surface area contributed by atoms with Gasteiger partial charge in [0.25, 0.3) is 0 Å². The number of aliphatic hydroxyl groups is 2. The van der Waals surface area contributed by atoms with Gasteiger partial charge in [-0.15, -0.1) is 0 Å². The van der Waals surface area contributed by atoms with E-state index in [-0.39, 0.29) is 25.6 Å². The first-order valence-corrected chi connectivity index (χ1v) is 6.93. The minimum Gasteiger partial charge on any atom is -0.395 e. The molecule has 3 nitrogen and oxygen atoms in total. The summed E-state index contributed by atoms with van der Waals surface area (Å²) in [5, 5.41) is 18.8. The lowest BCUT2D eigenvalue weighted by Crippen LogP contribution is -2.43. The van der Waals surface area contributed by atoms with Crippen molar-refractivity contribution in [3.63, 3.8) is 0 Å². The second-order valence-electron chi connectivity index (χ2n) is 5.49. The van der Waals surface area contributed by atoms with Gasteiger partial charge in [0.1, 0.15) is 0 Å². The zero-order valence-corrected chi connectivity index (χ0v) is 11.4. The van der Waals surface area contributed by atoms with Crippen LogP contribution < -0.4 is 0 Å². The molecule has 1 saturated carbocycles. The molecular weight excluding hydrogens is 259 g/mol. The van der Waals surface area contributed by atoms with Crippen LogP contribution in [0.5, 0.6) is 0 Å². The van der Waals surface area contributed by atoms with Crippen LogP contribution in [0.15, 0.2) is 0 Å². The van der Waals surface area contributed by atoms with E-state index in [1.807, 2.05) is 0 Å². The average molecular weight is 283 g/mol. The standard InChI is InChI=1S/C13H24F3NO2/c1-2-10-3-4-12(19)11(7-10)8-17(5-6-18)9-13(14,15)16/h10-12,18-19H,2-9H2,1H3. The first-order valence-electron chi connectivity index (χ1n) is 6.93. The Labute approximate surface area is 112 Å². The summed E-state index contributed by atoms with van der Waals surface area (Å²) in [5.74, 6) is 0.378. The predicted octanol–water partition coefficient (Wildman–Crippen LogP) is 2.03. The molecule has 1 rings (SSSR count). The van der Waals surface area contributed by atoms with Gasteiger partial charge >= 0.3 is 6.18 Å². The SMILES string of the molecule is CCC1CCC(O)C(CN(CCO)CC(F)(F)F)C1. The molecule has 0 aromatic heterocycles. The molecule has 3 unspecified atom stereocenters. The van der Waals surface area contributed by atoms with Gasteiger partial charge in [-0.2, -0.15) is 13.2 Å². The molecule has 0 amide bonds. The van der Waals surface area contributed by atoms with Gasteiger partial charge in [-0.25, -0.2) is 0 Å². The maximum Gasteiger partial charge on any atom is 0.401 e. The fraction of sp³-hybridized carbons (Fsp3) is 1.00. The Hall–Kier alpha value is -0.330. The van der Waals surface area contributed by atoms with E-state index in [9.17, 15) is 18.3 Å². The summed E-state index contributed by atoms with van der Waals surface area (Å²) in [4.78, 5) is 1.20. The van der Waals surface area contributed by atoms with Crippen LogP contribution in [-0.4, -0.2) is 53.6 Å². The molecule has 19 heavy (non-hydrogen) atoms. The largest absolute Gasteiger partial charge is 0.401 e. The second-order valence-corrected chi connectivity index (χ2v) is 5.49. The topological polar surface area (TPSA) is 43.7 Å². The number of nitrogens with zero attached hydrogens (tertiary/aromatic N) is 1. The van der Waals surface area contributed by atoms with E-state index in [0.717, 1.165) is 19.3 Å². The van der Waals surface area contributed by atoms with Gasteiger partial charge < -0.3 is 10.2 Å². The maximum atomic E-state index is 12.4. The number of rotatable bonds is 6. The summed E-state index contributed by atoms with van der Waals surface area (Å²) in [6.07, 6.45) is -1.38. The quantitative estimate of drug-likeness (QED) is 0.784. The lowest BCUT2D eigenvalue weighted by Gasteiger charge is -2.36. The van der Waals surface area contributed by atoms with Gasteiger partial charge in [-0.3, -0.25) is 4.90 Å². The highest BCUT2D eigenvalue weighted by Gasteiger charge is 2.34. The molecule has 0 radical (unpaired) electrons. The molecule has 114 valence electrons. The lowest BCUT2D eigenvalue weighted by molar-refractivity contribution is -0.150. The van der Waals surface area contributed by atoms with Gasteiger partial charge in [0, 0.05) is 13.1 Å². The molecule has 1 aliphatic rings. The van der Waals surface area contributed by atoms with Crippen molar-refractivity contribution in [1.82, 2.24) is 4.90 Å². The number of hydrogen-bond acceptors (Lipinski definition) is 3. The Kier molecular flexibility index (Phi) is 6.56. The average Bonchev–Trinajstić information content (AvgIpc) is 2.30. The molecule has 0 aromatic carbocycles. The van der Waals surface area contributed by atoms with E-state index in [4.69, 9.17) is 5.11 Å². The molecule has 3 atom stereocenters. The van der Waals surface area contributed by atoms with Crippen LogP contribution in [-0.2, 0) is 0 Å². The molecule has 0 heterocycles. The van der Waals surface area contributed by atoms with Crippen molar-refractivity contribution in [3.05, 3.63) is 0 Å². The van der Waals surface area contributed by atoms with Gasteiger partial charge in [-0.1, -0.05) is 13.3 Å².